The van der Waals surface area contributed by atoms with Crippen LogP contribution >= 0.6 is 23.2 Å². The molecule has 0 fully saturated rings. The van der Waals surface area contributed by atoms with Gasteiger partial charge >= 0.3 is 0 Å². The molecular weight excluding hydrogens is 231 g/mol. The Morgan fingerprint density at radius 3 is 2.46 bits per heavy atom. The average Bonchev–Trinajstić information content (AvgIpc) is 2.01. The predicted octanol–water partition coefficient (Wildman–Crippen LogP) is 2.48. The Labute approximate surface area is 87.4 Å². The molecule has 1 aromatic rings. The van der Waals surface area contributed by atoms with Crippen molar-refractivity contribution in [3.8, 4) is 0 Å². The number of halogens is 2. The van der Waals surface area contributed by atoms with E-state index in [1.54, 1.807) is 6.07 Å². The van der Waals surface area contributed by atoms with Crippen LogP contribution in [0, 0.1) is 0 Å². The monoisotopic (exact) mass is 238 g/mol. The van der Waals surface area contributed by atoms with Crippen LogP contribution in [-0.4, -0.2) is 14.7 Å². The first-order chi connectivity index (χ1) is 5.95. The maximum atomic E-state index is 11.2. The standard InChI is InChI=1S/C8H8Cl2O2S/c1-13(11,12)8-3-2-7(10)4-6(8)5-9/h2-4H,5H2,1H3. The number of benzene rings is 1. The van der Waals surface area contributed by atoms with Crippen LogP contribution in [0.15, 0.2) is 23.1 Å². The molecule has 0 aliphatic carbocycles. The minimum Gasteiger partial charge on any atom is -0.224 e. The highest BCUT2D eigenvalue weighted by molar-refractivity contribution is 7.90. The molecule has 0 saturated heterocycles. The first-order valence-corrected chi connectivity index (χ1v) is 6.30. The van der Waals surface area contributed by atoms with E-state index >= 15 is 0 Å². The van der Waals surface area contributed by atoms with Gasteiger partial charge in [0.05, 0.1) is 4.90 Å². The molecule has 13 heavy (non-hydrogen) atoms. The van der Waals surface area contributed by atoms with Gasteiger partial charge in [-0.2, -0.15) is 0 Å². The minimum atomic E-state index is -3.21. The molecule has 0 bridgehead atoms. The molecule has 0 atom stereocenters. The second kappa shape index (κ2) is 3.86. The molecule has 5 heteroatoms. The van der Waals surface area contributed by atoms with E-state index < -0.39 is 9.84 Å². The lowest BCUT2D eigenvalue weighted by atomic mass is 10.2. The van der Waals surface area contributed by atoms with Crippen molar-refractivity contribution >= 4 is 33.0 Å². The highest BCUT2D eigenvalue weighted by atomic mass is 35.5. The van der Waals surface area contributed by atoms with E-state index in [4.69, 9.17) is 23.2 Å². The van der Waals surface area contributed by atoms with Gasteiger partial charge < -0.3 is 0 Å². The van der Waals surface area contributed by atoms with E-state index in [-0.39, 0.29) is 10.8 Å². The third-order valence-corrected chi connectivity index (χ3v) is 3.29. The third kappa shape index (κ3) is 2.59. The van der Waals surface area contributed by atoms with Gasteiger partial charge in [-0.25, -0.2) is 8.42 Å². The van der Waals surface area contributed by atoms with Crippen molar-refractivity contribution in [3.05, 3.63) is 28.8 Å². The highest BCUT2D eigenvalue weighted by Crippen LogP contribution is 2.21. The van der Waals surface area contributed by atoms with Crippen LogP contribution in [0.2, 0.25) is 5.02 Å². The number of alkyl halides is 1. The fourth-order valence-corrected chi connectivity index (χ4v) is 2.43. The fourth-order valence-electron chi connectivity index (χ4n) is 1.01. The quantitative estimate of drug-likeness (QED) is 0.743. The van der Waals surface area contributed by atoms with Crippen molar-refractivity contribution in [2.75, 3.05) is 6.26 Å². The minimum absolute atomic E-state index is 0.142. The van der Waals surface area contributed by atoms with E-state index in [1.807, 2.05) is 0 Å². The summed E-state index contributed by atoms with van der Waals surface area (Å²) < 4.78 is 22.4. The van der Waals surface area contributed by atoms with Crippen molar-refractivity contribution in [3.63, 3.8) is 0 Å². The Morgan fingerprint density at radius 2 is 2.00 bits per heavy atom. The molecule has 0 spiro atoms. The topological polar surface area (TPSA) is 34.1 Å². The summed E-state index contributed by atoms with van der Waals surface area (Å²) in [5, 5.41) is 0.489. The zero-order chi connectivity index (χ0) is 10.1. The normalized spacial score (nSPS) is 11.6. The highest BCUT2D eigenvalue weighted by Gasteiger charge is 2.12. The molecule has 1 rings (SSSR count). The van der Waals surface area contributed by atoms with Crippen molar-refractivity contribution in [1.82, 2.24) is 0 Å². The van der Waals surface area contributed by atoms with Crippen LogP contribution in [-0.2, 0) is 15.7 Å². The summed E-state index contributed by atoms with van der Waals surface area (Å²) in [6.07, 6.45) is 1.15. The summed E-state index contributed by atoms with van der Waals surface area (Å²) in [4.78, 5) is 0.243. The molecular formula is C8H8Cl2O2S. The van der Waals surface area contributed by atoms with E-state index in [9.17, 15) is 8.42 Å². The van der Waals surface area contributed by atoms with Gasteiger partial charge in [-0.1, -0.05) is 11.6 Å². The van der Waals surface area contributed by atoms with Crippen LogP contribution in [0.5, 0.6) is 0 Å². The van der Waals surface area contributed by atoms with Crippen molar-refractivity contribution < 1.29 is 8.42 Å². The van der Waals surface area contributed by atoms with Gasteiger partial charge in [0.15, 0.2) is 9.84 Å². The maximum absolute atomic E-state index is 11.2. The van der Waals surface area contributed by atoms with Gasteiger partial charge in [-0.3, -0.25) is 0 Å². The first-order valence-electron chi connectivity index (χ1n) is 3.49. The Kier molecular flexibility index (Phi) is 3.22. The Bertz CT molecular complexity index is 412. The average molecular weight is 239 g/mol. The lowest BCUT2D eigenvalue weighted by Crippen LogP contribution is -2.00. The molecule has 0 heterocycles. The van der Waals surface area contributed by atoms with Gasteiger partial charge in [0.2, 0.25) is 0 Å². The summed E-state index contributed by atoms with van der Waals surface area (Å²) in [7, 11) is -3.21. The van der Waals surface area contributed by atoms with Crippen LogP contribution < -0.4 is 0 Å². The molecule has 72 valence electrons. The molecule has 0 unspecified atom stereocenters. The van der Waals surface area contributed by atoms with Gasteiger partial charge in [0.25, 0.3) is 0 Å². The maximum Gasteiger partial charge on any atom is 0.175 e. The lowest BCUT2D eigenvalue weighted by molar-refractivity contribution is 0.601. The second-order valence-corrected chi connectivity index (χ2v) is 5.35. The van der Waals surface area contributed by atoms with Crippen LogP contribution in [0.3, 0.4) is 0 Å². The molecule has 0 amide bonds. The number of rotatable bonds is 2. The van der Waals surface area contributed by atoms with Crippen LogP contribution in [0.4, 0.5) is 0 Å². The van der Waals surface area contributed by atoms with Crippen molar-refractivity contribution in [1.29, 1.82) is 0 Å². The molecule has 1 aromatic carbocycles. The van der Waals surface area contributed by atoms with Gasteiger partial charge in [-0.05, 0) is 23.8 Å². The molecule has 2 nitrogen and oxygen atoms in total. The Morgan fingerprint density at radius 1 is 1.38 bits per heavy atom. The number of hydrogen-bond donors (Lipinski definition) is 0. The smallest absolute Gasteiger partial charge is 0.175 e. The van der Waals surface area contributed by atoms with E-state index in [0.717, 1.165) is 6.26 Å². The zero-order valence-electron chi connectivity index (χ0n) is 6.92. The molecule has 0 radical (unpaired) electrons. The summed E-state index contributed by atoms with van der Waals surface area (Å²) in [5.74, 6) is 0.142. The molecule has 0 saturated carbocycles. The van der Waals surface area contributed by atoms with E-state index in [2.05, 4.69) is 0 Å². The van der Waals surface area contributed by atoms with Crippen molar-refractivity contribution in [2.24, 2.45) is 0 Å². The summed E-state index contributed by atoms with van der Waals surface area (Å²) in [5.41, 5.74) is 0.539. The SMILES string of the molecule is CS(=O)(=O)c1ccc(Cl)cc1CCl. The fraction of sp³-hybridized carbons (Fsp3) is 0.250. The predicted molar refractivity (Wildman–Crippen MR) is 54.1 cm³/mol. The first kappa shape index (κ1) is 10.8. The number of hydrogen-bond acceptors (Lipinski definition) is 2. The van der Waals surface area contributed by atoms with Gasteiger partial charge in [0, 0.05) is 17.2 Å². The summed E-state index contributed by atoms with van der Waals surface area (Å²) in [6, 6.07) is 4.56. The molecule has 0 N–H and O–H groups in total. The Hall–Kier alpha value is -0.250. The van der Waals surface area contributed by atoms with E-state index in [0.29, 0.717) is 10.6 Å². The van der Waals surface area contributed by atoms with E-state index in [1.165, 1.54) is 12.1 Å². The lowest BCUT2D eigenvalue weighted by Gasteiger charge is -2.04. The number of sulfone groups is 1. The van der Waals surface area contributed by atoms with Crippen LogP contribution in [0.25, 0.3) is 0 Å². The Balaban J connectivity index is 3.39. The van der Waals surface area contributed by atoms with Crippen molar-refractivity contribution in [2.45, 2.75) is 10.8 Å². The zero-order valence-corrected chi connectivity index (χ0v) is 9.25. The summed E-state index contributed by atoms with van der Waals surface area (Å²) in [6.45, 7) is 0. The summed E-state index contributed by atoms with van der Waals surface area (Å²) >= 11 is 11.3. The second-order valence-electron chi connectivity index (χ2n) is 2.66. The van der Waals surface area contributed by atoms with Gasteiger partial charge in [0.1, 0.15) is 0 Å². The largest absolute Gasteiger partial charge is 0.224 e. The third-order valence-electron chi connectivity index (χ3n) is 1.57. The van der Waals surface area contributed by atoms with Gasteiger partial charge in [-0.15, -0.1) is 11.6 Å². The molecule has 0 aliphatic heterocycles. The molecule has 0 aliphatic rings. The molecule has 0 aromatic heterocycles. The van der Waals surface area contributed by atoms with Crippen LogP contribution in [0.1, 0.15) is 5.56 Å².